The fourth-order valence-corrected chi connectivity index (χ4v) is 0.745. The lowest BCUT2D eigenvalue weighted by atomic mass is 10.2. The molecule has 3 nitrogen and oxygen atoms in total. The molecule has 1 atom stereocenters. The molecule has 0 aliphatic carbocycles. The van der Waals surface area contributed by atoms with Crippen molar-refractivity contribution in [1.29, 1.82) is 0 Å². The standard InChI is InChI=1S/C8H16F3NO2/c1-7(5-13)4-12-2-3-14-6-8(9,10)11/h7,12-13H,2-6H2,1H3. The van der Waals surface area contributed by atoms with E-state index in [2.05, 4.69) is 10.1 Å². The van der Waals surface area contributed by atoms with Crippen molar-refractivity contribution in [2.45, 2.75) is 13.1 Å². The minimum absolute atomic E-state index is 0.0255. The number of rotatable bonds is 7. The number of ether oxygens (including phenoxy) is 1. The predicted molar refractivity (Wildman–Crippen MR) is 46.0 cm³/mol. The largest absolute Gasteiger partial charge is 0.411 e. The van der Waals surface area contributed by atoms with Crippen LogP contribution in [0, 0.1) is 5.92 Å². The number of nitrogens with one attached hydrogen (secondary N) is 1. The number of halogens is 3. The van der Waals surface area contributed by atoms with E-state index in [9.17, 15) is 13.2 Å². The molecule has 0 radical (unpaired) electrons. The highest BCUT2D eigenvalue weighted by Crippen LogP contribution is 2.13. The fraction of sp³-hybridized carbons (Fsp3) is 1.00. The number of hydrogen-bond acceptors (Lipinski definition) is 3. The average molecular weight is 215 g/mol. The summed E-state index contributed by atoms with van der Waals surface area (Å²) in [6, 6.07) is 0. The fourth-order valence-electron chi connectivity index (χ4n) is 0.745. The van der Waals surface area contributed by atoms with Gasteiger partial charge in [-0.05, 0) is 12.5 Å². The number of aliphatic hydroxyl groups is 1. The smallest absolute Gasteiger partial charge is 0.396 e. The van der Waals surface area contributed by atoms with Crippen LogP contribution < -0.4 is 5.32 Å². The first-order valence-corrected chi connectivity index (χ1v) is 4.42. The minimum atomic E-state index is -4.25. The first-order valence-electron chi connectivity index (χ1n) is 4.42. The summed E-state index contributed by atoms with van der Waals surface area (Å²) in [6.07, 6.45) is -4.25. The molecular formula is C8H16F3NO2. The van der Waals surface area contributed by atoms with Crippen LogP contribution in [-0.4, -0.2) is 44.2 Å². The van der Waals surface area contributed by atoms with Crippen LogP contribution in [0.5, 0.6) is 0 Å². The predicted octanol–water partition coefficient (Wildman–Crippen LogP) is 0.783. The Morgan fingerprint density at radius 3 is 2.57 bits per heavy atom. The van der Waals surface area contributed by atoms with Gasteiger partial charge in [0, 0.05) is 13.2 Å². The van der Waals surface area contributed by atoms with Crippen LogP contribution in [0.25, 0.3) is 0 Å². The van der Waals surface area contributed by atoms with Crippen molar-refractivity contribution in [3.63, 3.8) is 0 Å². The van der Waals surface area contributed by atoms with Crippen LogP contribution in [0.3, 0.4) is 0 Å². The molecule has 0 aromatic rings. The van der Waals surface area contributed by atoms with Gasteiger partial charge in [0.1, 0.15) is 6.61 Å². The minimum Gasteiger partial charge on any atom is -0.396 e. The van der Waals surface area contributed by atoms with Crippen LogP contribution in [-0.2, 0) is 4.74 Å². The number of aliphatic hydroxyl groups excluding tert-OH is 1. The quantitative estimate of drug-likeness (QED) is 0.617. The molecule has 14 heavy (non-hydrogen) atoms. The van der Waals surface area contributed by atoms with Crippen molar-refractivity contribution in [2.75, 3.05) is 32.9 Å². The van der Waals surface area contributed by atoms with Gasteiger partial charge in [-0.3, -0.25) is 0 Å². The summed E-state index contributed by atoms with van der Waals surface area (Å²) in [7, 11) is 0. The zero-order valence-corrected chi connectivity index (χ0v) is 8.10. The van der Waals surface area contributed by atoms with Gasteiger partial charge in [-0.2, -0.15) is 13.2 Å². The van der Waals surface area contributed by atoms with Crippen molar-refractivity contribution in [3.05, 3.63) is 0 Å². The topological polar surface area (TPSA) is 41.5 Å². The van der Waals surface area contributed by atoms with E-state index in [1.807, 2.05) is 6.92 Å². The van der Waals surface area contributed by atoms with Crippen LogP contribution >= 0.6 is 0 Å². The molecule has 1 unspecified atom stereocenters. The van der Waals surface area contributed by atoms with Crippen molar-refractivity contribution in [3.8, 4) is 0 Å². The Morgan fingerprint density at radius 2 is 2.07 bits per heavy atom. The SMILES string of the molecule is CC(CO)CNCCOCC(F)(F)F. The molecule has 0 fully saturated rings. The van der Waals surface area contributed by atoms with Crippen LogP contribution in [0.1, 0.15) is 6.92 Å². The normalized spacial score (nSPS) is 14.4. The van der Waals surface area contributed by atoms with Crippen molar-refractivity contribution in [1.82, 2.24) is 5.32 Å². The highest BCUT2D eigenvalue weighted by molar-refractivity contribution is 4.54. The Bertz CT molecular complexity index is 141. The van der Waals surface area contributed by atoms with Gasteiger partial charge in [0.25, 0.3) is 0 Å². The molecule has 86 valence electrons. The molecule has 6 heteroatoms. The monoisotopic (exact) mass is 215 g/mol. The highest BCUT2D eigenvalue weighted by Gasteiger charge is 2.27. The van der Waals surface area contributed by atoms with E-state index in [-0.39, 0.29) is 19.1 Å². The molecule has 2 N–H and O–H groups in total. The molecule has 0 rings (SSSR count). The van der Waals surface area contributed by atoms with E-state index in [1.165, 1.54) is 0 Å². The summed E-state index contributed by atoms with van der Waals surface area (Å²) in [6.45, 7) is 1.66. The van der Waals surface area contributed by atoms with Gasteiger partial charge in [0.05, 0.1) is 6.61 Å². The second-order valence-corrected chi connectivity index (χ2v) is 3.16. The molecule has 0 spiro atoms. The Hall–Kier alpha value is -0.330. The summed E-state index contributed by atoms with van der Waals surface area (Å²) in [4.78, 5) is 0. The zero-order chi connectivity index (χ0) is 11.0. The third-order valence-corrected chi connectivity index (χ3v) is 1.49. The van der Waals surface area contributed by atoms with Crippen LogP contribution in [0.4, 0.5) is 13.2 Å². The van der Waals surface area contributed by atoms with Crippen LogP contribution in [0.15, 0.2) is 0 Å². The first kappa shape index (κ1) is 13.7. The molecule has 0 aromatic heterocycles. The third kappa shape index (κ3) is 9.76. The van der Waals surface area contributed by atoms with E-state index in [0.717, 1.165) is 0 Å². The molecule has 0 bridgehead atoms. The number of hydrogen-bond donors (Lipinski definition) is 2. The van der Waals surface area contributed by atoms with Crippen molar-refractivity contribution < 1.29 is 23.0 Å². The molecule has 0 aliphatic heterocycles. The van der Waals surface area contributed by atoms with E-state index in [4.69, 9.17) is 5.11 Å². The summed E-state index contributed by atoms with van der Waals surface area (Å²) < 4.78 is 39.1. The second kappa shape index (κ2) is 7.03. The Morgan fingerprint density at radius 1 is 1.43 bits per heavy atom. The average Bonchev–Trinajstić information content (AvgIpc) is 2.08. The van der Waals surface area contributed by atoms with Gasteiger partial charge in [-0.15, -0.1) is 0 Å². The summed E-state index contributed by atoms with van der Waals surface area (Å²) in [5, 5.41) is 11.5. The van der Waals surface area contributed by atoms with E-state index < -0.39 is 12.8 Å². The van der Waals surface area contributed by atoms with E-state index >= 15 is 0 Å². The van der Waals surface area contributed by atoms with Gasteiger partial charge < -0.3 is 15.2 Å². The summed E-state index contributed by atoms with van der Waals surface area (Å²) in [5.74, 6) is 0.109. The molecular weight excluding hydrogens is 199 g/mol. The van der Waals surface area contributed by atoms with Gasteiger partial charge in [0.2, 0.25) is 0 Å². The summed E-state index contributed by atoms with van der Waals surface area (Å²) in [5.41, 5.74) is 0. The second-order valence-electron chi connectivity index (χ2n) is 3.16. The zero-order valence-electron chi connectivity index (χ0n) is 8.10. The maximum Gasteiger partial charge on any atom is 0.411 e. The highest BCUT2D eigenvalue weighted by atomic mass is 19.4. The van der Waals surface area contributed by atoms with Gasteiger partial charge >= 0.3 is 6.18 Å². The maximum absolute atomic E-state index is 11.6. The van der Waals surface area contributed by atoms with Gasteiger partial charge in [-0.25, -0.2) is 0 Å². The molecule has 0 saturated carbocycles. The van der Waals surface area contributed by atoms with Crippen molar-refractivity contribution >= 4 is 0 Å². The number of alkyl halides is 3. The Kier molecular flexibility index (Phi) is 6.86. The molecule has 0 aliphatic rings. The van der Waals surface area contributed by atoms with E-state index in [1.54, 1.807) is 0 Å². The lowest BCUT2D eigenvalue weighted by Crippen LogP contribution is -2.28. The Labute approximate surface area is 81.2 Å². The third-order valence-electron chi connectivity index (χ3n) is 1.49. The molecule has 0 aromatic carbocycles. The lowest BCUT2D eigenvalue weighted by Gasteiger charge is -2.10. The molecule has 0 amide bonds. The van der Waals surface area contributed by atoms with E-state index in [0.29, 0.717) is 13.1 Å². The lowest BCUT2D eigenvalue weighted by molar-refractivity contribution is -0.173. The summed E-state index contributed by atoms with van der Waals surface area (Å²) >= 11 is 0. The van der Waals surface area contributed by atoms with Crippen molar-refractivity contribution in [2.24, 2.45) is 5.92 Å². The molecule has 0 heterocycles. The first-order chi connectivity index (χ1) is 6.45. The van der Waals surface area contributed by atoms with Gasteiger partial charge in [-0.1, -0.05) is 6.92 Å². The molecule has 0 saturated heterocycles. The maximum atomic E-state index is 11.6. The van der Waals surface area contributed by atoms with Gasteiger partial charge in [0.15, 0.2) is 0 Å². The van der Waals surface area contributed by atoms with Crippen LogP contribution in [0.2, 0.25) is 0 Å². The Balaban J connectivity index is 3.14.